The van der Waals surface area contributed by atoms with E-state index in [2.05, 4.69) is 21.2 Å². The predicted octanol–water partition coefficient (Wildman–Crippen LogP) is 5.39. The molecule has 9 heteroatoms. The Hall–Kier alpha value is -3.69. The van der Waals surface area contributed by atoms with Crippen LogP contribution in [0, 0.1) is 5.82 Å². The van der Waals surface area contributed by atoms with Crippen LogP contribution >= 0.6 is 15.9 Å². The molecule has 0 saturated carbocycles. The quantitative estimate of drug-likeness (QED) is 0.335. The van der Waals surface area contributed by atoms with E-state index in [0.717, 1.165) is 22.3 Å². The number of halogens is 2. The van der Waals surface area contributed by atoms with Gasteiger partial charge in [0, 0.05) is 44.7 Å². The van der Waals surface area contributed by atoms with Gasteiger partial charge in [0.1, 0.15) is 11.6 Å². The van der Waals surface area contributed by atoms with Gasteiger partial charge in [-0.1, -0.05) is 54.6 Å². The molecule has 41 heavy (non-hydrogen) atoms. The van der Waals surface area contributed by atoms with Gasteiger partial charge in [0.05, 0.1) is 23.2 Å². The zero-order valence-corrected chi connectivity index (χ0v) is 24.4. The zero-order valence-electron chi connectivity index (χ0n) is 22.9. The number of amides is 2. The summed E-state index contributed by atoms with van der Waals surface area (Å²) in [5.41, 5.74) is 4.55. The van der Waals surface area contributed by atoms with Gasteiger partial charge >= 0.3 is 6.09 Å². The van der Waals surface area contributed by atoms with Gasteiger partial charge in [0.15, 0.2) is 0 Å². The summed E-state index contributed by atoms with van der Waals surface area (Å²) in [4.78, 5) is 29.4. The molecule has 2 amide bonds. The lowest BCUT2D eigenvalue weighted by molar-refractivity contribution is -0.126. The number of nitrogens with zero attached hydrogens (tertiary/aromatic N) is 2. The van der Waals surface area contributed by atoms with Crippen LogP contribution < -0.4 is 10.1 Å². The summed E-state index contributed by atoms with van der Waals surface area (Å²) in [5.74, 6) is -0.0464. The topological polar surface area (TPSA) is 82.1 Å². The molecule has 2 bridgehead atoms. The number of rotatable bonds is 9. The number of likely N-dealkylation sites (N-methyl/N-ethyl adjacent to an activating group) is 1. The van der Waals surface area contributed by atoms with Gasteiger partial charge in [0.25, 0.3) is 5.91 Å². The largest absolute Gasteiger partial charge is 0.492 e. The Morgan fingerprint density at radius 1 is 1.05 bits per heavy atom. The first kappa shape index (κ1) is 28.8. The van der Waals surface area contributed by atoms with E-state index >= 15 is 0 Å². The van der Waals surface area contributed by atoms with Crippen molar-refractivity contribution in [2.45, 2.75) is 31.3 Å². The second-order valence-electron chi connectivity index (χ2n) is 10.4. The number of benzene rings is 3. The van der Waals surface area contributed by atoms with Crippen molar-refractivity contribution in [2.75, 3.05) is 33.3 Å². The van der Waals surface area contributed by atoms with E-state index < -0.39 is 12.1 Å². The monoisotopic (exact) mass is 621 g/mol. The van der Waals surface area contributed by atoms with Gasteiger partial charge < -0.3 is 20.1 Å². The molecule has 5 rings (SSSR count). The highest BCUT2D eigenvalue weighted by Gasteiger charge is 2.44. The van der Waals surface area contributed by atoms with Crippen LogP contribution in [0.15, 0.2) is 82.8 Å². The number of ether oxygens (including phenoxy) is 1. The number of hydrogen-bond acceptors (Lipinski definition) is 4. The molecular weight excluding hydrogens is 589 g/mol. The van der Waals surface area contributed by atoms with Gasteiger partial charge in [-0.05, 0) is 63.2 Å². The summed E-state index contributed by atoms with van der Waals surface area (Å²) in [7, 11) is 1.78. The van der Waals surface area contributed by atoms with Crippen LogP contribution in [0.2, 0.25) is 0 Å². The number of carbonyl (C=O) groups is 2. The van der Waals surface area contributed by atoms with E-state index in [4.69, 9.17) is 4.74 Å². The van der Waals surface area contributed by atoms with Crippen molar-refractivity contribution < 1.29 is 23.8 Å². The number of piperazine rings is 1. The highest BCUT2D eigenvalue weighted by Crippen LogP contribution is 2.37. The van der Waals surface area contributed by atoms with Gasteiger partial charge in [-0.3, -0.25) is 9.69 Å². The van der Waals surface area contributed by atoms with Crippen LogP contribution in [0.25, 0.3) is 5.57 Å². The summed E-state index contributed by atoms with van der Waals surface area (Å²) in [6, 6.07) is 21.5. The highest BCUT2D eigenvalue weighted by molar-refractivity contribution is 9.10. The Kier molecular flexibility index (Phi) is 9.05. The van der Waals surface area contributed by atoms with E-state index in [0.29, 0.717) is 61.3 Å². The van der Waals surface area contributed by atoms with Crippen LogP contribution in [0.3, 0.4) is 0 Å². The summed E-state index contributed by atoms with van der Waals surface area (Å²) in [6.07, 6.45) is 0.790. The van der Waals surface area contributed by atoms with Crippen LogP contribution in [-0.4, -0.2) is 72.3 Å². The Morgan fingerprint density at radius 2 is 1.78 bits per heavy atom. The molecule has 3 aromatic carbocycles. The third-order valence-electron chi connectivity index (χ3n) is 7.77. The summed E-state index contributed by atoms with van der Waals surface area (Å²) in [5, 5.41) is 13.4. The molecule has 3 aromatic rings. The average molecular weight is 623 g/mol. The fourth-order valence-electron chi connectivity index (χ4n) is 5.62. The number of nitrogens with one attached hydrogen (secondary N) is 1. The Bertz CT molecular complexity index is 1430. The summed E-state index contributed by atoms with van der Waals surface area (Å²) >= 11 is 3.38. The minimum absolute atomic E-state index is 0.146. The molecule has 0 radical (unpaired) electrons. The van der Waals surface area contributed by atoms with Gasteiger partial charge in [0.2, 0.25) is 0 Å². The van der Waals surface area contributed by atoms with Crippen molar-refractivity contribution in [3.63, 3.8) is 0 Å². The molecule has 2 atom stereocenters. The number of hydrogen-bond donors (Lipinski definition) is 2. The highest BCUT2D eigenvalue weighted by atomic mass is 79.9. The predicted molar refractivity (Wildman–Crippen MR) is 159 cm³/mol. The van der Waals surface area contributed by atoms with Crippen LogP contribution in [0.1, 0.15) is 23.1 Å². The Morgan fingerprint density at radius 3 is 2.51 bits per heavy atom. The normalized spacial score (nSPS) is 18.3. The molecule has 2 aliphatic rings. The van der Waals surface area contributed by atoms with Crippen molar-refractivity contribution in [2.24, 2.45) is 0 Å². The fraction of sp³-hybridized carbons (Fsp3) is 0.312. The summed E-state index contributed by atoms with van der Waals surface area (Å²) in [6.45, 7) is 1.84. The average Bonchev–Trinajstić information content (AvgIpc) is 2.97. The van der Waals surface area contributed by atoms with Crippen molar-refractivity contribution in [1.82, 2.24) is 15.1 Å². The minimum atomic E-state index is -1.00. The molecule has 0 aromatic heterocycles. The second kappa shape index (κ2) is 12.9. The van der Waals surface area contributed by atoms with Crippen LogP contribution in [-0.2, 0) is 17.6 Å². The zero-order chi connectivity index (χ0) is 28.9. The lowest BCUT2D eigenvalue weighted by Gasteiger charge is -2.46. The van der Waals surface area contributed by atoms with Crippen molar-refractivity contribution in [3.8, 4) is 5.75 Å². The minimum Gasteiger partial charge on any atom is -0.492 e. The van der Waals surface area contributed by atoms with E-state index in [1.807, 2.05) is 54.6 Å². The molecule has 2 N–H and O–H groups in total. The molecule has 1 fully saturated rings. The van der Waals surface area contributed by atoms with Crippen molar-refractivity contribution >= 4 is 33.5 Å². The first-order valence-electron chi connectivity index (χ1n) is 13.7. The SMILES string of the molecule is CN(CCc1ccccc1)C(=O)C1=C(c2ccc(CCOc3cc(F)ccc3Br)cc2)C[C@@H]2CNC[C@H]1N2C(=O)O. The van der Waals surface area contributed by atoms with Gasteiger partial charge in [-0.15, -0.1) is 0 Å². The number of carboxylic acid groups (broad SMARTS) is 1. The van der Waals surface area contributed by atoms with E-state index in [-0.39, 0.29) is 17.8 Å². The Balaban J connectivity index is 1.37. The van der Waals surface area contributed by atoms with E-state index in [1.54, 1.807) is 18.0 Å². The third kappa shape index (κ3) is 6.63. The lowest BCUT2D eigenvalue weighted by Crippen LogP contribution is -2.63. The standard InChI is InChI=1S/C32H33BrFN3O4/c1-36(15-13-21-5-3-2-4-6-21)31(38)30-26(18-25-19-35-20-28(30)37(25)32(39)40)23-9-7-22(8-10-23)14-16-41-29-17-24(34)11-12-27(29)33/h2-12,17,25,28,35H,13-16,18-20H2,1H3,(H,39,40)/t25-,28-/m1/s1. The molecule has 7 nitrogen and oxygen atoms in total. The first-order valence-corrected chi connectivity index (χ1v) is 14.5. The third-order valence-corrected chi connectivity index (χ3v) is 8.42. The maximum Gasteiger partial charge on any atom is 0.408 e. The summed E-state index contributed by atoms with van der Waals surface area (Å²) < 4.78 is 20.0. The molecule has 2 heterocycles. The fourth-order valence-corrected chi connectivity index (χ4v) is 5.98. The number of carbonyl (C=O) groups excluding carboxylic acids is 1. The molecule has 0 unspecified atom stereocenters. The van der Waals surface area contributed by atoms with Crippen molar-refractivity contribution in [3.05, 3.63) is 105 Å². The maximum absolute atomic E-state index is 13.9. The first-order chi connectivity index (χ1) is 19.8. The second-order valence-corrected chi connectivity index (χ2v) is 11.3. The molecular formula is C32H33BrFN3O4. The van der Waals surface area contributed by atoms with Gasteiger partial charge in [-0.2, -0.15) is 0 Å². The molecule has 214 valence electrons. The maximum atomic E-state index is 13.9. The van der Waals surface area contributed by atoms with E-state index in [1.165, 1.54) is 17.0 Å². The lowest BCUT2D eigenvalue weighted by atomic mass is 9.82. The van der Waals surface area contributed by atoms with Gasteiger partial charge in [-0.25, -0.2) is 9.18 Å². The molecule has 0 aliphatic carbocycles. The number of fused-ring (bicyclic) bond motifs is 2. The van der Waals surface area contributed by atoms with Crippen LogP contribution in [0.4, 0.5) is 9.18 Å². The van der Waals surface area contributed by atoms with Crippen LogP contribution in [0.5, 0.6) is 5.75 Å². The van der Waals surface area contributed by atoms with E-state index in [9.17, 15) is 19.1 Å². The Labute approximate surface area is 247 Å². The molecule has 1 saturated heterocycles. The smallest absolute Gasteiger partial charge is 0.408 e. The molecule has 0 spiro atoms. The molecule has 2 aliphatic heterocycles. The van der Waals surface area contributed by atoms with Crippen molar-refractivity contribution in [1.29, 1.82) is 0 Å².